The number of aliphatic hydroxyl groups excluding tert-OH is 3. The molecule has 2 heterocycles. The lowest BCUT2D eigenvalue weighted by atomic mass is 9.67. The van der Waals surface area contributed by atoms with Gasteiger partial charge in [-0.2, -0.15) is 0 Å². The van der Waals surface area contributed by atoms with E-state index >= 15 is 0 Å². The molecule has 1 aromatic heterocycles. The molecule has 1 aliphatic heterocycles. The van der Waals surface area contributed by atoms with Crippen LogP contribution < -0.4 is 4.90 Å². The quantitative estimate of drug-likeness (QED) is 0.150. The van der Waals surface area contributed by atoms with Gasteiger partial charge >= 0.3 is 0 Å². The fourth-order valence-electron chi connectivity index (χ4n) is 6.08. The van der Waals surface area contributed by atoms with Gasteiger partial charge in [0, 0.05) is 18.1 Å². The number of rotatable bonds is 12. The lowest BCUT2D eigenvalue weighted by molar-refractivity contribution is -0.384. The second-order valence-electron chi connectivity index (χ2n) is 10.4. The zero-order valence-corrected chi connectivity index (χ0v) is 22.8. The number of carbonyl (C=O) groups is 2. The summed E-state index contributed by atoms with van der Waals surface area (Å²) >= 11 is 0. The number of imide groups is 1. The van der Waals surface area contributed by atoms with E-state index in [2.05, 4.69) is 0 Å². The van der Waals surface area contributed by atoms with Crippen molar-refractivity contribution in [1.29, 1.82) is 0 Å². The van der Waals surface area contributed by atoms with Gasteiger partial charge in [-0.05, 0) is 62.0 Å². The molecule has 0 saturated carbocycles. The number of nitro groups is 1. The van der Waals surface area contributed by atoms with Crippen LogP contribution in [0.3, 0.4) is 0 Å². The van der Waals surface area contributed by atoms with Gasteiger partial charge in [-0.1, -0.05) is 37.5 Å². The molecule has 1 aliphatic carbocycles. The zero-order chi connectivity index (χ0) is 29.0. The van der Waals surface area contributed by atoms with Crippen LogP contribution in [0.4, 0.5) is 11.4 Å². The maximum atomic E-state index is 13.7. The van der Waals surface area contributed by atoms with Crippen LogP contribution in [0.5, 0.6) is 0 Å². The van der Waals surface area contributed by atoms with Crippen molar-refractivity contribution in [2.45, 2.75) is 65.1 Å². The molecule has 10 nitrogen and oxygen atoms in total. The molecule has 0 radical (unpaired) electrons. The summed E-state index contributed by atoms with van der Waals surface area (Å²) in [6.45, 7) is 3.40. The summed E-state index contributed by atoms with van der Waals surface area (Å²) in [6, 6.07) is 8.91. The molecule has 3 N–H and O–H groups in total. The Bertz CT molecular complexity index is 1330. The summed E-state index contributed by atoms with van der Waals surface area (Å²) in [5.74, 6) is -2.16. The molecule has 2 aromatic rings. The summed E-state index contributed by atoms with van der Waals surface area (Å²) in [5, 5.41) is 42.5. The predicted molar refractivity (Wildman–Crippen MR) is 148 cm³/mol. The molecule has 1 fully saturated rings. The van der Waals surface area contributed by atoms with Crippen LogP contribution >= 0.6 is 0 Å². The zero-order valence-electron chi connectivity index (χ0n) is 22.8. The fourth-order valence-corrected chi connectivity index (χ4v) is 6.08. The largest absolute Gasteiger partial charge is 0.459 e. The number of allylic oxidation sites excluding steroid dienone is 2. The van der Waals surface area contributed by atoms with Crippen molar-refractivity contribution in [3.05, 3.63) is 74.8 Å². The van der Waals surface area contributed by atoms with E-state index in [4.69, 9.17) is 4.42 Å². The lowest BCUT2D eigenvalue weighted by Gasteiger charge is -2.36. The van der Waals surface area contributed by atoms with E-state index in [1.165, 1.54) is 24.3 Å². The third-order valence-corrected chi connectivity index (χ3v) is 7.97. The van der Waals surface area contributed by atoms with E-state index in [1.54, 1.807) is 12.1 Å². The normalized spacial score (nSPS) is 22.2. The number of non-ortho nitro benzene ring substituents is 1. The van der Waals surface area contributed by atoms with E-state index in [1.807, 2.05) is 19.9 Å². The van der Waals surface area contributed by atoms with Crippen LogP contribution in [0.25, 0.3) is 6.08 Å². The number of nitrogens with zero attached hydrogens (tertiary/aromatic N) is 2. The van der Waals surface area contributed by atoms with Crippen LogP contribution in [-0.4, -0.2) is 44.8 Å². The van der Waals surface area contributed by atoms with Gasteiger partial charge in [0.25, 0.3) is 5.69 Å². The lowest BCUT2D eigenvalue weighted by Crippen LogP contribution is -2.39. The van der Waals surface area contributed by atoms with E-state index in [0.717, 1.165) is 28.9 Å². The molecule has 1 saturated heterocycles. The molecular weight excluding hydrogens is 516 g/mol. The fraction of sp³-hybridized carbons (Fsp3) is 0.467. The maximum absolute atomic E-state index is 13.7. The molecule has 40 heavy (non-hydrogen) atoms. The Balaban J connectivity index is 1.60. The van der Waals surface area contributed by atoms with E-state index in [0.29, 0.717) is 42.8 Å². The monoisotopic (exact) mass is 552 g/mol. The molecule has 214 valence electrons. The van der Waals surface area contributed by atoms with Crippen molar-refractivity contribution in [3.8, 4) is 0 Å². The molecule has 2 amide bonds. The van der Waals surface area contributed by atoms with Gasteiger partial charge in [-0.25, -0.2) is 4.90 Å². The summed E-state index contributed by atoms with van der Waals surface area (Å²) in [5.41, 5.74) is 2.46. The Hall–Kier alpha value is -3.60. The highest BCUT2D eigenvalue weighted by atomic mass is 16.6. The van der Waals surface area contributed by atoms with Crippen LogP contribution in [-0.2, 0) is 16.2 Å². The van der Waals surface area contributed by atoms with Crippen LogP contribution in [0, 0.1) is 27.9 Å². The minimum atomic E-state index is -0.922. The van der Waals surface area contributed by atoms with Gasteiger partial charge in [0.15, 0.2) is 0 Å². The van der Waals surface area contributed by atoms with Crippen molar-refractivity contribution < 1.29 is 34.2 Å². The van der Waals surface area contributed by atoms with Gasteiger partial charge in [0.2, 0.25) is 11.8 Å². The van der Waals surface area contributed by atoms with Gasteiger partial charge in [-0.3, -0.25) is 19.7 Å². The number of carbonyl (C=O) groups excluding carboxylic acids is 2. The number of amides is 2. The first-order valence-electron chi connectivity index (χ1n) is 13.8. The van der Waals surface area contributed by atoms with Crippen molar-refractivity contribution in [2.75, 3.05) is 11.5 Å². The van der Waals surface area contributed by atoms with Crippen LogP contribution in [0.15, 0.2) is 57.5 Å². The number of aliphatic hydroxyl groups is 3. The highest BCUT2D eigenvalue weighted by molar-refractivity contribution is 6.22. The van der Waals surface area contributed by atoms with E-state index in [-0.39, 0.29) is 18.0 Å². The molecule has 4 rings (SSSR count). The Morgan fingerprint density at radius 1 is 1.20 bits per heavy atom. The minimum absolute atomic E-state index is 0.134. The predicted octanol–water partition coefficient (Wildman–Crippen LogP) is 4.53. The first-order valence-corrected chi connectivity index (χ1v) is 13.8. The molecule has 0 bridgehead atoms. The molecule has 2 aliphatic rings. The highest BCUT2D eigenvalue weighted by Gasteiger charge is 2.55. The summed E-state index contributed by atoms with van der Waals surface area (Å²) < 4.78 is 5.57. The molecule has 10 heteroatoms. The third-order valence-electron chi connectivity index (χ3n) is 7.97. The van der Waals surface area contributed by atoms with Crippen molar-refractivity contribution in [1.82, 2.24) is 0 Å². The summed E-state index contributed by atoms with van der Waals surface area (Å²) in [6.07, 6.45) is 4.29. The number of anilines is 1. The number of furan rings is 1. The second kappa shape index (κ2) is 12.7. The van der Waals surface area contributed by atoms with Gasteiger partial charge in [0.1, 0.15) is 18.1 Å². The SMILES string of the molecule is CCCC1=C([C@H](O)CC/C(=C/c2ccc(CO)o2)CC)[C@H](CO)[C@@H]2C(=O)N(c3cccc([N+](=O)[O-])c3)C(=O)[C@@H]2C1. The average molecular weight is 553 g/mol. The third kappa shape index (κ3) is 5.79. The molecule has 4 atom stereocenters. The average Bonchev–Trinajstić information content (AvgIpc) is 3.51. The molecule has 1 aromatic carbocycles. The number of hydrogen-bond acceptors (Lipinski definition) is 8. The van der Waals surface area contributed by atoms with Crippen LogP contribution in [0.1, 0.15) is 63.9 Å². The number of fused-ring (bicyclic) bond motifs is 1. The molecule has 0 spiro atoms. The van der Waals surface area contributed by atoms with Crippen molar-refractivity contribution in [3.63, 3.8) is 0 Å². The Kier molecular flexibility index (Phi) is 9.34. The Morgan fingerprint density at radius 3 is 2.60 bits per heavy atom. The standard InChI is InChI=1S/C30H36N2O8/c1-3-6-19-14-24-28(30(37)31(29(24)36)20-7-5-8-21(15-20)32(38)39)25(17-34)27(19)26(35)12-9-18(4-2)13-22-10-11-23(16-33)40-22/h5,7-8,10-11,13,15,24-26,28,33-35H,3-4,6,9,12,14,16-17H2,1-2H3/b18-13+/t24-,25+,26-,28-/m1/s1. The van der Waals surface area contributed by atoms with Crippen LogP contribution in [0.2, 0.25) is 0 Å². The topological polar surface area (TPSA) is 154 Å². The Morgan fingerprint density at radius 2 is 1.98 bits per heavy atom. The number of nitro benzene ring substituents is 1. The van der Waals surface area contributed by atoms with Crippen molar-refractivity contribution in [2.24, 2.45) is 17.8 Å². The first kappa shape index (κ1) is 29.4. The second-order valence-corrected chi connectivity index (χ2v) is 10.4. The first-order chi connectivity index (χ1) is 19.2. The summed E-state index contributed by atoms with van der Waals surface area (Å²) in [7, 11) is 0. The van der Waals surface area contributed by atoms with Gasteiger partial charge in [0.05, 0.1) is 35.2 Å². The Labute approximate surface area is 232 Å². The van der Waals surface area contributed by atoms with E-state index in [9.17, 15) is 35.0 Å². The minimum Gasteiger partial charge on any atom is -0.459 e. The van der Waals surface area contributed by atoms with E-state index < -0.39 is 47.2 Å². The van der Waals surface area contributed by atoms with Gasteiger partial charge in [-0.15, -0.1) is 0 Å². The number of hydrogen-bond donors (Lipinski definition) is 3. The van der Waals surface area contributed by atoms with Gasteiger partial charge < -0.3 is 19.7 Å². The number of benzene rings is 1. The highest BCUT2D eigenvalue weighted by Crippen LogP contribution is 2.48. The smallest absolute Gasteiger partial charge is 0.271 e. The van der Waals surface area contributed by atoms with Crippen molar-refractivity contribution >= 4 is 29.3 Å². The molecular formula is C30H36N2O8. The maximum Gasteiger partial charge on any atom is 0.271 e. The summed E-state index contributed by atoms with van der Waals surface area (Å²) in [4.78, 5) is 38.9. The molecule has 0 unspecified atom stereocenters.